The number of ether oxygens (including phenoxy) is 2. The molecule has 4 rings (SSSR count). The summed E-state index contributed by atoms with van der Waals surface area (Å²) in [6.07, 6.45) is 3.13. The zero-order valence-electron chi connectivity index (χ0n) is 21.2. The third-order valence-electron chi connectivity index (χ3n) is 6.03. The molecule has 38 heavy (non-hydrogen) atoms. The van der Waals surface area contributed by atoms with Gasteiger partial charge in [0.2, 0.25) is 0 Å². The number of aryl methyl sites for hydroxylation is 1. The van der Waals surface area contributed by atoms with Gasteiger partial charge in [-0.1, -0.05) is 84.4 Å². The van der Waals surface area contributed by atoms with E-state index in [1.807, 2.05) is 55.5 Å². The molecule has 0 aliphatic heterocycles. The number of benzene rings is 4. The molecular weight excluding hydrogens is 496 g/mol. The highest BCUT2D eigenvalue weighted by molar-refractivity contribution is 6.32. The Hall–Kier alpha value is -4.27. The van der Waals surface area contributed by atoms with Crippen molar-refractivity contribution < 1.29 is 14.3 Å². The highest BCUT2D eigenvalue weighted by atomic mass is 35.5. The zero-order valence-corrected chi connectivity index (χ0v) is 22.0. The maximum atomic E-state index is 12.6. The van der Waals surface area contributed by atoms with E-state index in [1.54, 1.807) is 12.1 Å². The van der Waals surface area contributed by atoms with Crippen LogP contribution in [0, 0.1) is 11.3 Å². The van der Waals surface area contributed by atoms with Crippen LogP contribution in [0.4, 0.5) is 0 Å². The van der Waals surface area contributed by atoms with Crippen LogP contribution >= 0.6 is 11.6 Å². The largest absolute Gasteiger partial charge is 0.490 e. The van der Waals surface area contributed by atoms with E-state index in [4.69, 9.17) is 21.1 Å². The number of halogens is 1. The van der Waals surface area contributed by atoms with E-state index in [-0.39, 0.29) is 5.57 Å². The second-order valence-corrected chi connectivity index (χ2v) is 9.11. The molecule has 1 N–H and O–H groups in total. The van der Waals surface area contributed by atoms with Crippen LogP contribution in [0.5, 0.6) is 11.5 Å². The molecule has 0 fully saturated rings. The van der Waals surface area contributed by atoms with Crippen LogP contribution in [-0.4, -0.2) is 19.1 Å². The smallest absolute Gasteiger partial charge is 0.261 e. The maximum Gasteiger partial charge on any atom is 0.261 e. The number of nitrogens with one attached hydrogen (secondary N) is 1. The number of fused-ring (bicyclic) bond motifs is 1. The fraction of sp³-hybridized carbons (Fsp3) is 0.188. The first-order valence-electron chi connectivity index (χ1n) is 12.6. The Morgan fingerprint density at radius 2 is 1.76 bits per heavy atom. The van der Waals surface area contributed by atoms with Crippen molar-refractivity contribution in [2.24, 2.45) is 0 Å². The summed E-state index contributed by atoms with van der Waals surface area (Å²) >= 11 is 6.60. The topological polar surface area (TPSA) is 71.3 Å². The Morgan fingerprint density at radius 1 is 1.00 bits per heavy atom. The quantitative estimate of drug-likeness (QED) is 0.129. The number of rotatable bonds is 11. The average Bonchev–Trinajstić information content (AvgIpc) is 2.94. The first-order valence-corrected chi connectivity index (χ1v) is 13.0. The fourth-order valence-corrected chi connectivity index (χ4v) is 4.47. The van der Waals surface area contributed by atoms with Gasteiger partial charge in [0.15, 0.2) is 11.5 Å². The van der Waals surface area contributed by atoms with E-state index in [2.05, 4.69) is 35.6 Å². The van der Waals surface area contributed by atoms with Gasteiger partial charge in [0.25, 0.3) is 5.91 Å². The van der Waals surface area contributed by atoms with Crippen molar-refractivity contribution in [3.63, 3.8) is 0 Å². The molecule has 0 atom stereocenters. The molecule has 0 unspecified atom stereocenters. The van der Waals surface area contributed by atoms with Gasteiger partial charge in [-0.2, -0.15) is 5.26 Å². The minimum absolute atomic E-state index is 0.00681. The predicted octanol–water partition coefficient (Wildman–Crippen LogP) is 7.13. The number of carbonyl (C=O) groups is 1. The van der Waals surface area contributed by atoms with Gasteiger partial charge in [0, 0.05) is 6.54 Å². The van der Waals surface area contributed by atoms with Gasteiger partial charge in [-0.25, -0.2) is 0 Å². The number of nitriles is 1. The monoisotopic (exact) mass is 524 g/mol. The summed E-state index contributed by atoms with van der Waals surface area (Å²) in [4.78, 5) is 12.6. The van der Waals surface area contributed by atoms with Crippen molar-refractivity contribution in [3.05, 3.63) is 112 Å². The van der Waals surface area contributed by atoms with E-state index in [9.17, 15) is 10.1 Å². The Morgan fingerprint density at radius 3 is 2.55 bits per heavy atom. The van der Waals surface area contributed by atoms with Gasteiger partial charge in [-0.15, -0.1) is 0 Å². The normalized spacial score (nSPS) is 11.1. The van der Waals surface area contributed by atoms with Crippen molar-refractivity contribution >= 4 is 34.4 Å². The van der Waals surface area contributed by atoms with Gasteiger partial charge in [-0.05, 0) is 65.4 Å². The highest BCUT2D eigenvalue weighted by Gasteiger charge is 2.15. The van der Waals surface area contributed by atoms with E-state index in [0.29, 0.717) is 41.8 Å². The van der Waals surface area contributed by atoms with Gasteiger partial charge < -0.3 is 14.8 Å². The van der Waals surface area contributed by atoms with E-state index in [0.717, 1.165) is 29.2 Å². The summed E-state index contributed by atoms with van der Waals surface area (Å²) in [6.45, 7) is 3.06. The molecule has 0 radical (unpaired) electrons. The molecule has 0 spiro atoms. The van der Waals surface area contributed by atoms with Crippen LogP contribution < -0.4 is 14.8 Å². The summed E-state index contributed by atoms with van der Waals surface area (Å²) in [7, 11) is 0. The lowest BCUT2D eigenvalue weighted by molar-refractivity contribution is -0.117. The van der Waals surface area contributed by atoms with Crippen molar-refractivity contribution in [2.75, 3.05) is 13.2 Å². The number of amides is 1. The molecule has 0 saturated heterocycles. The Balaban J connectivity index is 1.46. The lowest BCUT2D eigenvalue weighted by atomic mass is 10.1. The second-order valence-electron chi connectivity index (χ2n) is 8.70. The van der Waals surface area contributed by atoms with Crippen LogP contribution in [0.2, 0.25) is 5.02 Å². The first-order chi connectivity index (χ1) is 18.6. The minimum Gasteiger partial charge on any atom is -0.490 e. The number of hydrogen-bond donors (Lipinski definition) is 1. The predicted molar refractivity (Wildman–Crippen MR) is 152 cm³/mol. The molecule has 4 aromatic carbocycles. The highest BCUT2D eigenvalue weighted by Crippen LogP contribution is 2.38. The van der Waals surface area contributed by atoms with E-state index >= 15 is 0 Å². The Labute approximate surface area is 228 Å². The van der Waals surface area contributed by atoms with Gasteiger partial charge in [0.1, 0.15) is 18.2 Å². The molecule has 0 bridgehead atoms. The van der Waals surface area contributed by atoms with Gasteiger partial charge in [-0.3, -0.25) is 4.79 Å². The number of nitrogens with zero attached hydrogens (tertiary/aromatic N) is 1. The van der Waals surface area contributed by atoms with Crippen LogP contribution in [-0.2, 0) is 17.8 Å². The third-order valence-corrected chi connectivity index (χ3v) is 6.31. The maximum absolute atomic E-state index is 12.6. The van der Waals surface area contributed by atoms with Crippen molar-refractivity contribution in [1.82, 2.24) is 5.32 Å². The molecule has 1 amide bonds. The van der Waals surface area contributed by atoms with Crippen LogP contribution in [0.25, 0.3) is 16.8 Å². The molecule has 0 heterocycles. The van der Waals surface area contributed by atoms with Crippen LogP contribution in [0.15, 0.2) is 90.5 Å². The summed E-state index contributed by atoms with van der Waals surface area (Å²) in [6, 6.07) is 29.7. The lowest BCUT2D eigenvalue weighted by Gasteiger charge is -2.15. The number of carbonyl (C=O) groups excluding carboxylic acids is 1. The molecule has 5 nitrogen and oxygen atoms in total. The summed E-state index contributed by atoms with van der Waals surface area (Å²) in [5.74, 6) is 0.445. The molecule has 6 heteroatoms. The molecule has 4 aromatic rings. The van der Waals surface area contributed by atoms with Crippen molar-refractivity contribution in [1.29, 1.82) is 5.26 Å². The molecule has 192 valence electrons. The average molecular weight is 525 g/mol. The molecule has 0 aromatic heterocycles. The lowest BCUT2D eigenvalue weighted by Crippen LogP contribution is -2.25. The summed E-state index contributed by atoms with van der Waals surface area (Å²) in [5, 5.41) is 15.0. The summed E-state index contributed by atoms with van der Waals surface area (Å²) < 4.78 is 11.9. The molecular formula is C32H29ClN2O3. The molecule has 0 aliphatic rings. The Kier molecular flexibility index (Phi) is 9.39. The Bertz CT molecular complexity index is 1470. The first kappa shape index (κ1) is 26.8. The fourth-order valence-electron chi connectivity index (χ4n) is 4.19. The zero-order chi connectivity index (χ0) is 26.7. The third kappa shape index (κ3) is 6.94. The number of hydrogen-bond acceptors (Lipinski definition) is 4. The van der Waals surface area contributed by atoms with Gasteiger partial charge >= 0.3 is 0 Å². The van der Waals surface area contributed by atoms with Gasteiger partial charge in [0.05, 0.1) is 11.6 Å². The molecule has 0 saturated carbocycles. The van der Waals surface area contributed by atoms with Crippen molar-refractivity contribution in [2.45, 2.75) is 26.4 Å². The van der Waals surface area contributed by atoms with E-state index < -0.39 is 5.91 Å². The minimum atomic E-state index is -0.425. The van der Waals surface area contributed by atoms with Crippen LogP contribution in [0.3, 0.4) is 0 Å². The van der Waals surface area contributed by atoms with E-state index in [1.165, 1.54) is 11.6 Å². The standard InChI is InChI=1S/C32H29ClN2O3/c1-2-37-30-20-24(18-27(21-34)32(36)35-17-9-12-23-10-4-3-5-11-23)19-29(33)31(30)38-22-26-15-8-14-25-13-6-7-16-28(25)26/h3-8,10-11,13-16,18-20H,2,9,12,17,22H2,1H3,(H,35,36)/b27-18-. The second kappa shape index (κ2) is 13.3. The van der Waals surface area contributed by atoms with Crippen LogP contribution in [0.1, 0.15) is 30.0 Å². The molecule has 0 aliphatic carbocycles. The summed E-state index contributed by atoms with van der Waals surface area (Å²) in [5.41, 5.74) is 2.81. The van der Waals surface area contributed by atoms with Crippen molar-refractivity contribution in [3.8, 4) is 17.6 Å². The SMILES string of the molecule is CCOc1cc(/C=C(/C#N)C(=O)NCCCc2ccccc2)cc(Cl)c1OCc1cccc2ccccc12.